The number of nitrogens with zero attached hydrogens (tertiary/aromatic N) is 1. The third-order valence-electron chi connectivity index (χ3n) is 5.30. The summed E-state index contributed by atoms with van der Waals surface area (Å²) in [7, 11) is 1.58. The zero-order valence-electron chi connectivity index (χ0n) is 16.6. The van der Waals surface area contributed by atoms with Gasteiger partial charge < -0.3 is 24.4 Å². The predicted octanol–water partition coefficient (Wildman–Crippen LogP) is 4.49. The second-order valence-electron chi connectivity index (χ2n) is 7.15. The number of carbonyl (C=O) groups excluding carboxylic acids is 1. The van der Waals surface area contributed by atoms with E-state index in [0.717, 1.165) is 30.7 Å². The number of anilines is 1. The topological polar surface area (TPSA) is 60.0 Å². The maximum Gasteiger partial charge on any atom is 0.257 e. The van der Waals surface area contributed by atoms with Crippen LogP contribution >= 0.6 is 11.6 Å². The van der Waals surface area contributed by atoms with Crippen LogP contribution in [0.4, 0.5) is 5.69 Å². The lowest BCUT2D eigenvalue weighted by molar-refractivity contribution is 0.0426. The number of amides is 1. The van der Waals surface area contributed by atoms with Crippen LogP contribution in [-0.2, 0) is 4.74 Å². The summed E-state index contributed by atoms with van der Waals surface area (Å²) in [5.74, 6) is 1.02. The van der Waals surface area contributed by atoms with E-state index in [1.807, 2.05) is 48.2 Å². The van der Waals surface area contributed by atoms with Crippen molar-refractivity contribution in [2.24, 2.45) is 0 Å². The molecule has 1 saturated heterocycles. The number of para-hydroxylation sites is 1. The Kier molecular flexibility index (Phi) is 5.83. The zero-order valence-corrected chi connectivity index (χ0v) is 17.4. The Labute approximate surface area is 175 Å². The Morgan fingerprint density at radius 1 is 1.31 bits per heavy atom. The Morgan fingerprint density at radius 2 is 2.14 bits per heavy atom. The largest absolute Gasteiger partial charge is 0.493 e. The number of ether oxygens (including phenoxy) is 3. The third kappa shape index (κ3) is 3.87. The molecule has 1 fully saturated rings. The van der Waals surface area contributed by atoms with Crippen molar-refractivity contribution in [3.63, 3.8) is 0 Å². The molecule has 2 aliphatic heterocycles. The zero-order chi connectivity index (χ0) is 20.4. The highest BCUT2D eigenvalue weighted by Crippen LogP contribution is 2.41. The quantitative estimate of drug-likeness (QED) is 0.751. The molecule has 0 unspecified atom stereocenters. The van der Waals surface area contributed by atoms with Gasteiger partial charge in [0.05, 0.1) is 30.4 Å². The first-order valence-corrected chi connectivity index (χ1v) is 10.3. The molecule has 0 spiro atoms. The summed E-state index contributed by atoms with van der Waals surface area (Å²) < 4.78 is 16.9. The van der Waals surface area contributed by atoms with Crippen molar-refractivity contribution >= 4 is 23.2 Å². The minimum Gasteiger partial charge on any atom is -0.493 e. The van der Waals surface area contributed by atoms with E-state index in [-0.39, 0.29) is 18.2 Å². The molecule has 2 aromatic rings. The molecule has 6 nitrogen and oxygen atoms in total. The lowest BCUT2D eigenvalue weighted by Crippen LogP contribution is -2.46. The predicted molar refractivity (Wildman–Crippen MR) is 112 cm³/mol. The molecule has 4 rings (SSSR count). The molecule has 2 atom stereocenters. The van der Waals surface area contributed by atoms with Crippen LogP contribution in [0.15, 0.2) is 36.4 Å². The third-order valence-corrected chi connectivity index (χ3v) is 5.58. The van der Waals surface area contributed by atoms with Gasteiger partial charge in [0.25, 0.3) is 5.91 Å². The highest BCUT2D eigenvalue weighted by molar-refractivity contribution is 6.32. The van der Waals surface area contributed by atoms with Gasteiger partial charge in [0.2, 0.25) is 0 Å². The Morgan fingerprint density at radius 3 is 2.86 bits per heavy atom. The van der Waals surface area contributed by atoms with Crippen LogP contribution in [0.25, 0.3) is 0 Å². The Bertz CT molecular complexity index is 898. The van der Waals surface area contributed by atoms with E-state index < -0.39 is 0 Å². The Hall–Kier alpha value is -2.44. The van der Waals surface area contributed by atoms with Crippen LogP contribution in [-0.4, -0.2) is 43.8 Å². The van der Waals surface area contributed by atoms with Gasteiger partial charge in [-0.3, -0.25) is 4.79 Å². The van der Waals surface area contributed by atoms with E-state index in [1.165, 1.54) is 0 Å². The number of nitrogens with one attached hydrogen (secondary N) is 1. The number of hydrogen-bond acceptors (Lipinski definition) is 5. The average molecular weight is 417 g/mol. The molecular weight excluding hydrogens is 392 g/mol. The molecule has 29 heavy (non-hydrogen) atoms. The van der Waals surface area contributed by atoms with Gasteiger partial charge in [0.1, 0.15) is 6.17 Å². The molecule has 1 amide bonds. The van der Waals surface area contributed by atoms with Crippen molar-refractivity contribution in [1.29, 1.82) is 0 Å². The number of rotatable bonds is 6. The molecule has 2 heterocycles. The molecule has 2 aliphatic rings. The van der Waals surface area contributed by atoms with Crippen molar-refractivity contribution in [3.05, 3.63) is 52.5 Å². The number of fused-ring (bicyclic) bond motifs is 1. The minimum absolute atomic E-state index is 0.0242. The second kappa shape index (κ2) is 8.51. The maximum absolute atomic E-state index is 13.3. The second-order valence-corrected chi connectivity index (χ2v) is 7.56. The van der Waals surface area contributed by atoms with E-state index in [9.17, 15) is 4.79 Å². The summed E-state index contributed by atoms with van der Waals surface area (Å²) in [5, 5.41) is 3.94. The van der Waals surface area contributed by atoms with Gasteiger partial charge in [-0.25, -0.2) is 0 Å². The maximum atomic E-state index is 13.3. The standard InChI is InChI=1S/C22H25ClN2O4/c1-3-28-20-17(23)11-14(12-19(20)27-2)21-24-18-9-5-4-8-16(18)22(26)25(21)13-15-7-6-10-29-15/h4-5,8-9,11-12,15,21,24H,3,6-7,10,13H2,1-2H3/t15-,21-/m0/s1. The Balaban J connectivity index is 1.74. The molecule has 0 saturated carbocycles. The monoisotopic (exact) mass is 416 g/mol. The number of carbonyl (C=O) groups is 1. The van der Waals surface area contributed by atoms with Crippen LogP contribution in [0.2, 0.25) is 5.02 Å². The van der Waals surface area contributed by atoms with Crippen molar-refractivity contribution in [2.75, 3.05) is 32.2 Å². The molecule has 0 aliphatic carbocycles. The first-order chi connectivity index (χ1) is 14.1. The highest BCUT2D eigenvalue weighted by atomic mass is 35.5. The molecule has 2 aromatic carbocycles. The van der Waals surface area contributed by atoms with E-state index in [2.05, 4.69) is 5.32 Å². The van der Waals surface area contributed by atoms with E-state index in [0.29, 0.717) is 35.2 Å². The van der Waals surface area contributed by atoms with Crippen molar-refractivity contribution in [1.82, 2.24) is 4.90 Å². The van der Waals surface area contributed by atoms with Gasteiger partial charge in [-0.2, -0.15) is 0 Å². The van der Waals surface area contributed by atoms with Gasteiger partial charge in [0, 0.05) is 24.4 Å². The number of halogens is 1. The van der Waals surface area contributed by atoms with Crippen LogP contribution in [0.5, 0.6) is 11.5 Å². The van der Waals surface area contributed by atoms with Crippen LogP contribution < -0.4 is 14.8 Å². The molecule has 0 radical (unpaired) electrons. The van der Waals surface area contributed by atoms with Crippen molar-refractivity contribution in [3.8, 4) is 11.5 Å². The van der Waals surface area contributed by atoms with Crippen LogP contribution in [0, 0.1) is 0 Å². The van der Waals surface area contributed by atoms with Crippen LogP contribution in [0.1, 0.15) is 41.9 Å². The van der Waals surface area contributed by atoms with Gasteiger partial charge in [-0.15, -0.1) is 0 Å². The molecular formula is C22H25ClN2O4. The van der Waals surface area contributed by atoms with Gasteiger partial charge in [-0.1, -0.05) is 23.7 Å². The molecule has 0 aromatic heterocycles. The fraction of sp³-hybridized carbons (Fsp3) is 0.409. The molecule has 7 heteroatoms. The van der Waals surface area contributed by atoms with Crippen molar-refractivity contribution in [2.45, 2.75) is 32.0 Å². The minimum atomic E-state index is -0.385. The van der Waals surface area contributed by atoms with Crippen LogP contribution in [0.3, 0.4) is 0 Å². The van der Waals surface area contributed by atoms with E-state index >= 15 is 0 Å². The summed E-state index contributed by atoms with van der Waals surface area (Å²) in [5.41, 5.74) is 2.29. The summed E-state index contributed by atoms with van der Waals surface area (Å²) in [6, 6.07) is 11.2. The summed E-state index contributed by atoms with van der Waals surface area (Å²) >= 11 is 6.51. The van der Waals surface area contributed by atoms with Gasteiger partial charge in [0.15, 0.2) is 11.5 Å². The number of benzene rings is 2. The molecule has 0 bridgehead atoms. The normalized spacial score (nSPS) is 20.9. The number of methoxy groups -OCH3 is 1. The van der Waals surface area contributed by atoms with Gasteiger partial charge in [-0.05, 0) is 44.0 Å². The summed E-state index contributed by atoms with van der Waals surface area (Å²) in [6.07, 6.45) is 1.62. The fourth-order valence-electron chi connectivity index (χ4n) is 3.93. The first kappa shape index (κ1) is 19.9. The lowest BCUT2D eigenvalue weighted by Gasteiger charge is -2.39. The smallest absolute Gasteiger partial charge is 0.257 e. The molecule has 1 N–H and O–H groups in total. The number of hydrogen-bond donors (Lipinski definition) is 1. The fourth-order valence-corrected chi connectivity index (χ4v) is 4.21. The SMILES string of the molecule is CCOc1c(Cl)cc([C@H]2Nc3ccccc3C(=O)N2C[C@@H]2CCCO2)cc1OC. The first-order valence-electron chi connectivity index (χ1n) is 9.90. The lowest BCUT2D eigenvalue weighted by atomic mass is 10.0. The van der Waals surface area contributed by atoms with E-state index in [1.54, 1.807) is 7.11 Å². The van der Waals surface area contributed by atoms with Gasteiger partial charge >= 0.3 is 0 Å². The summed E-state index contributed by atoms with van der Waals surface area (Å²) in [6.45, 7) is 3.63. The van der Waals surface area contributed by atoms with Crippen molar-refractivity contribution < 1.29 is 19.0 Å². The average Bonchev–Trinajstić information content (AvgIpc) is 3.24. The van der Waals surface area contributed by atoms with E-state index in [4.69, 9.17) is 25.8 Å². The molecule has 154 valence electrons. The highest BCUT2D eigenvalue weighted by Gasteiger charge is 2.36. The summed E-state index contributed by atoms with van der Waals surface area (Å²) in [4.78, 5) is 15.2.